The number of halogens is 1. The fourth-order valence-corrected chi connectivity index (χ4v) is 4.34. The van der Waals surface area contributed by atoms with E-state index in [9.17, 15) is 4.79 Å². The van der Waals surface area contributed by atoms with Crippen LogP contribution in [0.3, 0.4) is 0 Å². The minimum absolute atomic E-state index is 0.00533. The molecule has 1 aliphatic rings. The first-order chi connectivity index (χ1) is 13.1. The van der Waals surface area contributed by atoms with Crippen molar-refractivity contribution in [1.82, 2.24) is 20.6 Å². The highest BCUT2D eigenvalue weighted by Crippen LogP contribution is 2.32. The maximum atomic E-state index is 12.6. The highest BCUT2D eigenvalue weighted by molar-refractivity contribution is 9.10. The zero-order valence-electron chi connectivity index (χ0n) is 14.8. The van der Waals surface area contributed by atoms with Gasteiger partial charge in [0.2, 0.25) is 5.91 Å². The minimum atomic E-state index is -0.394. The molecule has 0 radical (unpaired) electrons. The fourth-order valence-electron chi connectivity index (χ4n) is 3.98. The number of benzene rings is 2. The molecule has 0 saturated carbocycles. The molecule has 0 aliphatic carbocycles. The molecule has 5 rings (SSSR count). The van der Waals surface area contributed by atoms with Gasteiger partial charge in [0.25, 0.3) is 0 Å². The Bertz CT molecular complexity index is 1180. The van der Waals surface area contributed by atoms with E-state index in [1.165, 1.54) is 16.5 Å². The number of piperazine rings is 1. The van der Waals surface area contributed by atoms with Crippen molar-refractivity contribution < 1.29 is 4.79 Å². The molecular formula is C21H19BrN4O. The molecule has 1 aliphatic heterocycles. The van der Waals surface area contributed by atoms with Crippen molar-refractivity contribution in [1.29, 1.82) is 0 Å². The Morgan fingerprint density at radius 2 is 1.67 bits per heavy atom. The predicted molar refractivity (Wildman–Crippen MR) is 111 cm³/mol. The molecular weight excluding hydrogens is 404 g/mol. The van der Waals surface area contributed by atoms with Gasteiger partial charge in [-0.1, -0.05) is 34.1 Å². The predicted octanol–water partition coefficient (Wildman–Crippen LogP) is 4.22. The molecule has 2 atom stereocenters. The summed E-state index contributed by atoms with van der Waals surface area (Å²) in [7, 11) is 0. The van der Waals surface area contributed by atoms with Crippen molar-refractivity contribution in [3.63, 3.8) is 0 Å². The third kappa shape index (κ3) is 2.76. The van der Waals surface area contributed by atoms with Crippen LogP contribution >= 0.6 is 15.9 Å². The lowest BCUT2D eigenvalue weighted by Crippen LogP contribution is -2.49. The van der Waals surface area contributed by atoms with Crippen molar-refractivity contribution in [2.75, 3.05) is 6.54 Å². The summed E-state index contributed by atoms with van der Waals surface area (Å²) < 4.78 is 1.01. The molecule has 1 amide bonds. The van der Waals surface area contributed by atoms with Gasteiger partial charge < -0.3 is 15.3 Å². The summed E-state index contributed by atoms with van der Waals surface area (Å²) in [4.78, 5) is 19.3. The van der Waals surface area contributed by atoms with E-state index < -0.39 is 6.04 Å². The van der Waals surface area contributed by atoms with E-state index >= 15 is 0 Å². The Labute approximate surface area is 164 Å². The van der Waals surface area contributed by atoms with Crippen LogP contribution < -0.4 is 10.6 Å². The molecule has 2 unspecified atom stereocenters. The number of amides is 1. The van der Waals surface area contributed by atoms with Gasteiger partial charge >= 0.3 is 0 Å². The number of carbonyl (C=O) groups is 1. The number of nitrogens with one attached hydrogen (secondary N) is 4. The van der Waals surface area contributed by atoms with E-state index in [1.807, 2.05) is 30.6 Å². The summed E-state index contributed by atoms with van der Waals surface area (Å²) in [6, 6.07) is 12.1. The minimum Gasteiger partial charge on any atom is -0.361 e. The summed E-state index contributed by atoms with van der Waals surface area (Å²) in [5.74, 6) is 0.00533. The Balaban J connectivity index is 1.53. The SMILES string of the molecule is Cc1ccc2c(C3CNC(=O)C(c4c[nH]c5cc(Br)ccc45)N3)c[nH]c2c1. The maximum absolute atomic E-state index is 12.6. The molecule has 3 heterocycles. The summed E-state index contributed by atoms with van der Waals surface area (Å²) in [5.41, 5.74) is 5.51. The standard InChI is InChI=1S/C21H19BrN4O/c1-11-2-4-13-15(8-23-17(13)6-11)19-10-25-21(27)20(26-19)16-9-24-18-7-12(22)3-5-14(16)18/h2-9,19-20,23-24,26H,10H2,1H3,(H,25,27). The van der Waals surface area contributed by atoms with Gasteiger partial charge in [-0.25, -0.2) is 0 Å². The Morgan fingerprint density at radius 3 is 2.52 bits per heavy atom. The Kier molecular flexibility index (Phi) is 3.84. The molecule has 2 aromatic carbocycles. The van der Waals surface area contributed by atoms with E-state index in [2.05, 4.69) is 61.7 Å². The second kappa shape index (κ2) is 6.25. The first-order valence-corrected chi connectivity index (χ1v) is 9.77. The van der Waals surface area contributed by atoms with Crippen LogP contribution in [0.2, 0.25) is 0 Å². The number of hydrogen-bond acceptors (Lipinski definition) is 2. The van der Waals surface area contributed by atoms with E-state index in [0.717, 1.165) is 26.5 Å². The summed E-state index contributed by atoms with van der Waals surface area (Å²) >= 11 is 3.49. The third-order valence-corrected chi connectivity index (χ3v) is 5.84. The van der Waals surface area contributed by atoms with Gasteiger partial charge in [0, 0.05) is 50.8 Å². The number of aryl methyl sites for hydroxylation is 1. The molecule has 5 nitrogen and oxygen atoms in total. The number of aromatic amines is 2. The Hall–Kier alpha value is -2.57. The van der Waals surface area contributed by atoms with E-state index in [-0.39, 0.29) is 11.9 Å². The number of rotatable bonds is 2. The molecule has 4 aromatic rings. The van der Waals surface area contributed by atoms with Crippen LogP contribution in [0, 0.1) is 6.92 Å². The number of hydrogen-bond donors (Lipinski definition) is 4. The Morgan fingerprint density at radius 1 is 0.963 bits per heavy atom. The monoisotopic (exact) mass is 422 g/mol. The van der Waals surface area contributed by atoms with Crippen LogP contribution in [0.5, 0.6) is 0 Å². The fraction of sp³-hybridized carbons (Fsp3) is 0.190. The second-order valence-electron chi connectivity index (χ2n) is 7.12. The molecule has 2 aromatic heterocycles. The number of fused-ring (bicyclic) bond motifs is 2. The van der Waals surface area contributed by atoms with Crippen molar-refractivity contribution in [3.05, 3.63) is 70.0 Å². The van der Waals surface area contributed by atoms with Crippen molar-refractivity contribution >= 4 is 43.6 Å². The lowest BCUT2D eigenvalue weighted by atomic mass is 9.97. The average Bonchev–Trinajstić information content (AvgIpc) is 3.25. The van der Waals surface area contributed by atoms with Gasteiger partial charge in [0.05, 0.1) is 6.04 Å². The van der Waals surface area contributed by atoms with Crippen LogP contribution in [0.15, 0.2) is 53.3 Å². The van der Waals surface area contributed by atoms with E-state index in [1.54, 1.807) is 0 Å². The van der Waals surface area contributed by atoms with Gasteiger partial charge in [-0.05, 0) is 36.2 Å². The first kappa shape index (κ1) is 16.6. The summed E-state index contributed by atoms with van der Waals surface area (Å²) in [5, 5.41) is 8.88. The highest BCUT2D eigenvalue weighted by atomic mass is 79.9. The van der Waals surface area contributed by atoms with Gasteiger partial charge in [0.15, 0.2) is 0 Å². The van der Waals surface area contributed by atoms with Gasteiger partial charge in [0.1, 0.15) is 6.04 Å². The van der Waals surface area contributed by atoms with Crippen LogP contribution in [-0.4, -0.2) is 22.4 Å². The third-order valence-electron chi connectivity index (χ3n) is 5.34. The summed E-state index contributed by atoms with van der Waals surface area (Å²) in [6.45, 7) is 2.66. The van der Waals surface area contributed by atoms with E-state index in [0.29, 0.717) is 6.54 Å². The molecule has 0 spiro atoms. The van der Waals surface area contributed by atoms with Crippen molar-refractivity contribution in [2.45, 2.75) is 19.0 Å². The average molecular weight is 423 g/mol. The van der Waals surface area contributed by atoms with Crippen LogP contribution in [0.4, 0.5) is 0 Å². The highest BCUT2D eigenvalue weighted by Gasteiger charge is 2.32. The second-order valence-corrected chi connectivity index (χ2v) is 8.04. The number of H-pyrrole nitrogens is 2. The van der Waals surface area contributed by atoms with E-state index in [4.69, 9.17) is 0 Å². The van der Waals surface area contributed by atoms with Gasteiger partial charge in [-0.2, -0.15) is 0 Å². The zero-order valence-corrected chi connectivity index (χ0v) is 16.4. The quantitative estimate of drug-likeness (QED) is 0.390. The number of aromatic nitrogens is 2. The molecule has 6 heteroatoms. The van der Waals surface area contributed by atoms with Crippen LogP contribution in [0.25, 0.3) is 21.8 Å². The van der Waals surface area contributed by atoms with Crippen LogP contribution in [-0.2, 0) is 4.79 Å². The molecule has 1 saturated heterocycles. The van der Waals surface area contributed by atoms with Gasteiger partial charge in [-0.3, -0.25) is 10.1 Å². The van der Waals surface area contributed by atoms with Crippen LogP contribution in [0.1, 0.15) is 28.8 Å². The lowest BCUT2D eigenvalue weighted by Gasteiger charge is -2.31. The lowest BCUT2D eigenvalue weighted by molar-refractivity contribution is -0.125. The first-order valence-electron chi connectivity index (χ1n) is 8.98. The molecule has 1 fully saturated rings. The smallest absolute Gasteiger partial charge is 0.241 e. The van der Waals surface area contributed by atoms with Gasteiger partial charge in [-0.15, -0.1) is 0 Å². The number of carbonyl (C=O) groups excluding carboxylic acids is 1. The molecule has 27 heavy (non-hydrogen) atoms. The topological polar surface area (TPSA) is 72.7 Å². The zero-order chi connectivity index (χ0) is 18.5. The van der Waals surface area contributed by atoms with Crippen molar-refractivity contribution in [2.24, 2.45) is 0 Å². The maximum Gasteiger partial charge on any atom is 0.241 e. The molecule has 0 bridgehead atoms. The van der Waals surface area contributed by atoms with Crippen molar-refractivity contribution in [3.8, 4) is 0 Å². The molecule has 4 N–H and O–H groups in total. The molecule has 136 valence electrons. The normalized spacial score (nSPS) is 20.3. The largest absolute Gasteiger partial charge is 0.361 e. The summed E-state index contributed by atoms with van der Waals surface area (Å²) in [6.07, 6.45) is 3.97.